The Hall–Kier alpha value is -2.99. The van der Waals surface area contributed by atoms with Gasteiger partial charge in [0.15, 0.2) is 0 Å². The molecular formula is C17H14BrN5O3. The standard InChI is InChI=1S/C17H14BrN5O3/c1-3-12(16(25)21-15-9(7-19)8-20-22(15)2)23-13-5-4-10(18)6-11(13)14(24)17(23)26/h4-6,8,12H,3H2,1-2H3,(H,21,25). The summed E-state index contributed by atoms with van der Waals surface area (Å²) < 4.78 is 2.04. The molecule has 0 fully saturated rings. The molecule has 2 aromatic rings. The molecule has 2 amide bonds. The van der Waals surface area contributed by atoms with Gasteiger partial charge in [0.2, 0.25) is 5.91 Å². The van der Waals surface area contributed by atoms with Crippen molar-refractivity contribution in [2.45, 2.75) is 19.4 Å². The van der Waals surface area contributed by atoms with Gasteiger partial charge in [0.1, 0.15) is 23.5 Å². The summed E-state index contributed by atoms with van der Waals surface area (Å²) in [5.41, 5.74) is 0.869. The average molecular weight is 416 g/mol. The summed E-state index contributed by atoms with van der Waals surface area (Å²) in [6, 6.07) is 5.95. The Morgan fingerprint density at radius 3 is 2.81 bits per heavy atom. The summed E-state index contributed by atoms with van der Waals surface area (Å²) in [5, 5.41) is 15.7. The van der Waals surface area contributed by atoms with E-state index in [0.29, 0.717) is 16.6 Å². The minimum absolute atomic E-state index is 0.212. The molecule has 1 aliphatic heterocycles. The fourth-order valence-corrected chi connectivity index (χ4v) is 3.26. The second-order valence-corrected chi connectivity index (χ2v) is 6.64. The lowest BCUT2D eigenvalue weighted by atomic mass is 10.1. The molecule has 0 spiro atoms. The molecule has 132 valence electrons. The molecule has 0 radical (unpaired) electrons. The van der Waals surface area contributed by atoms with Crippen LogP contribution >= 0.6 is 15.9 Å². The molecule has 1 unspecified atom stereocenters. The number of nitrogens with one attached hydrogen (secondary N) is 1. The molecule has 1 atom stereocenters. The molecule has 1 N–H and O–H groups in total. The van der Waals surface area contributed by atoms with E-state index in [1.807, 2.05) is 6.07 Å². The number of hydrogen-bond donors (Lipinski definition) is 1. The number of aromatic nitrogens is 2. The van der Waals surface area contributed by atoms with Gasteiger partial charge in [-0.05, 0) is 24.6 Å². The summed E-state index contributed by atoms with van der Waals surface area (Å²) in [6.07, 6.45) is 1.63. The highest BCUT2D eigenvalue weighted by Gasteiger charge is 2.42. The van der Waals surface area contributed by atoms with E-state index in [9.17, 15) is 14.4 Å². The number of ketones is 1. The smallest absolute Gasteiger partial charge is 0.300 e. The van der Waals surface area contributed by atoms with Gasteiger partial charge in [-0.25, -0.2) is 0 Å². The first-order chi connectivity index (χ1) is 12.4. The fourth-order valence-electron chi connectivity index (χ4n) is 2.90. The number of fused-ring (bicyclic) bond motifs is 1. The monoisotopic (exact) mass is 415 g/mol. The highest BCUT2D eigenvalue weighted by Crippen LogP contribution is 2.33. The minimum atomic E-state index is -0.893. The minimum Gasteiger partial charge on any atom is -0.308 e. The Morgan fingerprint density at radius 2 is 2.15 bits per heavy atom. The molecule has 26 heavy (non-hydrogen) atoms. The van der Waals surface area contributed by atoms with E-state index in [0.717, 1.165) is 0 Å². The van der Waals surface area contributed by atoms with Gasteiger partial charge in [-0.2, -0.15) is 10.4 Å². The van der Waals surface area contributed by atoms with Crippen LogP contribution in [0, 0.1) is 11.3 Å². The van der Waals surface area contributed by atoms with Crippen LogP contribution in [0.3, 0.4) is 0 Å². The van der Waals surface area contributed by atoms with Crippen molar-refractivity contribution in [1.82, 2.24) is 9.78 Å². The molecule has 1 aromatic heterocycles. The second kappa shape index (κ2) is 6.72. The number of hydrogen-bond acceptors (Lipinski definition) is 5. The van der Waals surface area contributed by atoms with Gasteiger partial charge in [0, 0.05) is 11.5 Å². The Morgan fingerprint density at radius 1 is 1.42 bits per heavy atom. The molecule has 2 heterocycles. The fraction of sp³-hybridized carbons (Fsp3) is 0.235. The largest absolute Gasteiger partial charge is 0.308 e. The van der Waals surface area contributed by atoms with Gasteiger partial charge < -0.3 is 5.32 Å². The van der Waals surface area contributed by atoms with Crippen molar-refractivity contribution in [3.63, 3.8) is 0 Å². The average Bonchev–Trinajstić information content (AvgIpc) is 3.08. The highest BCUT2D eigenvalue weighted by molar-refractivity contribution is 9.10. The molecular weight excluding hydrogens is 402 g/mol. The highest BCUT2D eigenvalue weighted by atomic mass is 79.9. The van der Waals surface area contributed by atoms with E-state index in [1.165, 1.54) is 15.8 Å². The number of nitrogens with zero attached hydrogens (tertiary/aromatic N) is 4. The molecule has 3 rings (SSSR count). The molecule has 8 nitrogen and oxygen atoms in total. The lowest BCUT2D eigenvalue weighted by Gasteiger charge is -2.26. The Bertz CT molecular complexity index is 975. The van der Waals surface area contributed by atoms with Gasteiger partial charge in [-0.15, -0.1) is 0 Å². The van der Waals surface area contributed by atoms with Gasteiger partial charge >= 0.3 is 0 Å². The number of anilines is 2. The van der Waals surface area contributed by atoms with Crippen LogP contribution in [0.4, 0.5) is 11.5 Å². The summed E-state index contributed by atoms with van der Waals surface area (Å²) >= 11 is 3.28. The van der Waals surface area contributed by atoms with Crippen LogP contribution in [-0.4, -0.2) is 33.4 Å². The van der Waals surface area contributed by atoms with Gasteiger partial charge in [0.05, 0.1) is 17.4 Å². The predicted molar refractivity (Wildman–Crippen MR) is 96.6 cm³/mol. The third-order valence-corrected chi connectivity index (χ3v) is 4.67. The van der Waals surface area contributed by atoms with Crippen LogP contribution in [0.1, 0.15) is 29.3 Å². The molecule has 0 saturated carbocycles. The first-order valence-electron chi connectivity index (χ1n) is 7.79. The summed E-state index contributed by atoms with van der Waals surface area (Å²) in [6.45, 7) is 1.74. The third-order valence-electron chi connectivity index (χ3n) is 4.18. The van der Waals surface area contributed by atoms with E-state index in [4.69, 9.17) is 5.26 Å². The predicted octanol–water partition coefficient (Wildman–Crippen LogP) is 2.00. The Balaban J connectivity index is 1.96. The first-order valence-corrected chi connectivity index (χ1v) is 8.58. The van der Waals surface area contributed by atoms with Crippen molar-refractivity contribution in [2.75, 3.05) is 10.2 Å². The number of carbonyl (C=O) groups is 3. The third kappa shape index (κ3) is 2.78. The zero-order chi connectivity index (χ0) is 19.0. The number of carbonyl (C=O) groups excluding carboxylic acids is 3. The van der Waals surface area contributed by atoms with Crippen molar-refractivity contribution >= 4 is 45.0 Å². The summed E-state index contributed by atoms with van der Waals surface area (Å²) in [7, 11) is 1.59. The quantitative estimate of drug-likeness (QED) is 0.768. The van der Waals surface area contributed by atoms with E-state index >= 15 is 0 Å². The molecule has 1 aliphatic rings. The Kier molecular flexibility index (Phi) is 4.61. The number of Topliss-reactive ketones (excluding diaryl/α,β-unsaturated/α-hetero) is 1. The van der Waals surface area contributed by atoms with Crippen LogP contribution in [0.25, 0.3) is 0 Å². The van der Waals surface area contributed by atoms with Crippen molar-refractivity contribution < 1.29 is 14.4 Å². The summed E-state index contributed by atoms with van der Waals surface area (Å²) in [4.78, 5) is 38.8. The zero-order valence-corrected chi connectivity index (χ0v) is 15.6. The molecule has 0 aliphatic carbocycles. The van der Waals surface area contributed by atoms with Gasteiger partial charge in [0.25, 0.3) is 11.7 Å². The van der Waals surface area contributed by atoms with Crippen LogP contribution in [0.2, 0.25) is 0 Å². The van der Waals surface area contributed by atoms with Crippen LogP contribution in [-0.2, 0) is 16.6 Å². The lowest BCUT2D eigenvalue weighted by Crippen LogP contribution is -2.46. The maximum Gasteiger partial charge on any atom is 0.300 e. The number of benzene rings is 1. The topological polar surface area (TPSA) is 108 Å². The van der Waals surface area contributed by atoms with Crippen molar-refractivity contribution in [3.05, 3.63) is 40.0 Å². The van der Waals surface area contributed by atoms with E-state index in [1.54, 1.807) is 32.2 Å². The lowest BCUT2D eigenvalue weighted by molar-refractivity contribution is -0.121. The van der Waals surface area contributed by atoms with Crippen molar-refractivity contribution in [1.29, 1.82) is 5.26 Å². The van der Waals surface area contributed by atoms with Crippen molar-refractivity contribution in [3.8, 4) is 6.07 Å². The van der Waals surface area contributed by atoms with Crippen LogP contribution in [0.5, 0.6) is 0 Å². The molecule has 0 saturated heterocycles. The van der Waals surface area contributed by atoms with E-state index in [-0.39, 0.29) is 16.9 Å². The second-order valence-electron chi connectivity index (χ2n) is 5.72. The first kappa shape index (κ1) is 17.8. The number of amides is 2. The van der Waals surface area contributed by atoms with Crippen LogP contribution < -0.4 is 10.2 Å². The van der Waals surface area contributed by atoms with E-state index in [2.05, 4.69) is 26.3 Å². The number of rotatable bonds is 4. The molecule has 0 bridgehead atoms. The number of nitriles is 1. The van der Waals surface area contributed by atoms with E-state index < -0.39 is 23.6 Å². The van der Waals surface area contributed by atoms with Crippen LogP contribution in [0.15, 0.2) is 28.9 Å². The maximum absolute atomic E-state index is 12.8. The maximum atomic E-state index is 12.8. The number of aryl methyl sites for hydroxylation is 1. The number of halogens is 1. The van der Waals surface area contributed by atoms with Crippen molar-refractivity contribution in [2.24, 2.45) is 7.05 Å². The Labute approximate surface area is 157 Å². The molecule has 9 heteroatoms. The zero-order valence-electron chi connectivity index (χ0n) is 14.0. The van der Waals surface area contributed by atoms with Gasteiger partial charge in [-0.1, -0.05) is 22.9 Å². The van der Waals surface area contributed by atoms with Gasteiger partial charge in [-0.3, -0.25) is 24.0 Å². The molecule has 1 aromatic carbocycles. The summed E-state index contributed by atoms with van der Waals surface area (Å²) in [5.74, 6) is -1.65. The normalized spacial score (nSPS) is 14.2. The SMILES string of the molecule is CCC(C(=O)Nc1c(C#N)cnn1C)N1C(=O)C(=O)c2cc(Br)ccc21.